The van der Waals surface area contributed by atoms with E-state index in [1.54, 1.807) is 6.92 Å². The maximum absolute atomic E-state index is 12.5. The van der Waals surface area contributed by atoms with Gasteiger partial charge in [-0.2, -0.15) is 0 Å². The fraction of sp³-hybridized carbons (Fsp3) is 0.906. The summed E-state index contributed by atoms with van der Waals surface area (Å²) >= 11 is 0. The Morgan fingerprint density at radius 1 is 1.11 bits per heavy atom. The largest absolute Gasteiger partial charge is 0.456 e. The lowest BCUT2D eigenvalue weighted by atomic mass is 9.44. The highest BCUT2D eigenvalue weighted by atomic mass is 16.5. The number of nitrogens with zero attached hydrogens (tertiary/aromatic N) is 2. The lowest BCUT2D eigenvalue weighted by Crippen LogP contribution is -2.61. The lowest BCUT2D eigenvalue weighted by Gasteiger charge is -2.62. The molecular formula is C32H53N2O4+. The van der Waals surface area contributed by atoms with Gasteiger partial charge in [-0.25, -0.2) is 0 Å². The number of likely N-dealkylation sites (tertiary alicyclic amines) is 1. The first kappa shape index (κ1) is 27.2. The summed E-state index contributed by atoms with van der Waals surface area (Å²) in [4.78, 5) is 15.0. The van der Waals surface area contributed by atoms with Crippen molar-refractivity contribution in [3.63, 3.8) is 0 Å². The first-order chi connectivity index (χ1) is 18.2. The average Bonchev–Trinajstić information content (AvgIpc) is 3.48. The van der Waals surface area contributed by atoms with E-state index in [1.165, 1.54) is 51.6 Å². The van der Waals surface area contributed by atoms with E-state index in [-0.39, 0.29) is 35.0 Å². The highest BCUT2D eigenvalue weighted by molar-refractivity contribution is 5.66. The zero-order valence-electron chi connectivity index (χ0n) is 24.3. The van der Waals surface area contributed by atoms with E-state index in [0.717, 1.165) is 56.6 Å². The Morgan fingerprint density at radius 3 is 2.53 bits per heavy atom. The third kappa shape index (κ3) is 4.23. The SMILES string of the molecule is C=CC[N+]1(C2CC3C4CCC5CC(O)C(N6CCOCC6)C[C@]5(C)C4CC[C@]3(C)C2OC(C)=O)CCCC1. The molecule has 0 amide bonds. The van der Waals surface area contributed by atoms with Crippen LogP contribution in [0, 0.1) is 34.5 Å². The molecule has 10 atom stereocenters. The number of quaternary nitrogens is 1. The number of hydrogen-bond acceptors (Lipinski definition) is 5. The van der Waals surface area contributed by atoms with Crippen molar-refractivity contribution >= 4 is 5.97 Å². The molecule has 6 rings (SSSR count). The molecule has 0 spiro atoms. The van der Waals surface area contributed by atoms with Crippen molar-refractivity contribution in [2.24, 2.45) is 34.5 Å². The van der Waals surface area contributed by atoms with Gasteiger partial charge in [-0.1, -0.05) is 20.4 Å². The molecule has 0 radical (unpaired) electrons. The number of rotatable bonds is 5. The summed E-state index contributed by atoms with van der Waals surface area (Å²) in [5, 5.41) is 11.3. The van der Waals surface area contributed by atoms with Crippen molar-refractivity contribution in [3.8, 4) is 0 Å². The molecule has 0 aromatic carbocycles. The smallest absolute Gasteiger partial charge is 0.303 e. The van der Waals surface area contributed by atoms with Gasteiger partial charge in [0.2, 0.25) is 0 Å². The predicted octanol–water partition coefficient (Wildman–Crippen LogP) is 4.41. The quantitative estimate of drug-likeness (QED) is 0.325. The van der Waals surface area contributed by atoms with Gasteiger partial charge >= 0.3 is 5.97 Å². The zero-order chi connectivity index (χ0) is 26.7. The minimum Gasteiger partial charge on any atom is -0.456 e. The molecule has 4 saturated carbocycles. The molecule has 6 fully saturated rings. The number of fused-ring (bicyclic) bond motifs is 5. The molecule has 2 saturated heterocycles. The molecule has 4 aliphatic carbocycles. The fourth-order valence-corrected chi connectivity index (χ4v) is 11.3. The summed E-state index contributed by atoms with van der Waals surface area (Å²) in [6, 6.07) is 0.663. The molecule has 8 unspecified atom stereocenters. The van der Waals surface area contributed by atoms with Crippen LogP contribution in [-0.4, -0.2) is 90.7 Å². The van der Waals surface area contributed by atoms with Crippen LogP contribution in [0.3, 0.4) is 0 Å². The third-order valence-electron chi connectivity index (χ3n) is 13.1. The van der Waals surface area contributed by atoms with Crippen molar-refractivity contribution in [2.75, 3.05) is 45.9 Å². The maximum atomic E-state index is 12.5. The average molecular weight is 530 g/mol. The standard InChI is InChI=1S/C32H53N2O4/c1-5-14-34(15-6-7-16-34)28-20-26-24-9-8-23-19-29(36)27(33-12-17-37-18-13-33)21-32(23,4)25(24)10-11-31(26,3)30(28)38-22(2)35/h5,23-30,36H,1,6-21H2,2-4H3/q+1/t23?,24?,25?,26?,27?,28?,29?,30?,31-,32-/m0/s1. The predicted molar refractivity (Wildman–Crippen MR) is 148 cm³/mol. The van der Waals surface area contributed by atoms with Crippen LogP contribution in [0.15, 0.2) is 12.7 Å². The lowest BCUT2D eigenvalue weighted by molar-refractivity contribution is -0.937. The van der Waals surface area contributed by atoms with Gasteiger partial charge in [-0.15, -0.1) is 0 Å². The maximum Gasteiger partial charge on any atom is 0.303 e. The Labute approximate surface area is 230 Å². The highest BCUT2D eigenvalue weighted by Gasteiger charge is 2.67. The fourth-order valence-electron chi connectivity index (χ4n) is 11.3. The van der Waals surface area contributed by atoms with E-state index < -0.39 is 0 Å². The van der Waals surface area contributed by atoms with Crippen molar-refractivity contribution < 1.29 is 23.9 Å². The van der Waals surface area contributed by atoms with E-state index >= 15 is 0 Å². The van der Waals surface area contributed by atoms with Gasteiger partial charge in [-0.05, 0) is 73.7 Å². The number of carbonyl (C=O) groups is 1. The minimum absolute atomic E-state index is 0.0174. The van der Waals surface area contributed by atoms with Crippen LogP contribution in [-0.2, 0) is 14.3 Å². The van der Waals surface area contributed by atoms with Crippen LogP contribution in [0.1, 0.15) is 78.6 Å². The first-order valence-electron chi connectivity index (χ1n) is 15.9. The first-order valence-corrected chi connectivity index (χ1v) is 15.9. The molecule has 2 aliphatic heterocycles. The van der Waals surface area contributed by atoms with Gasteiger partial charge in [0, 0.05) is 50.7 Å². The second kappa shape index (κ2) is 10.2. The van der Waals surface area contributed by atoms with Gasteiger partial charge in [-0.3, -0.25) is 9.69 Å². The van der Waals surface area contributed by atoms with Gasteiger partial charge in [0.1, 0.15) is 6.04 Å². The Balaban J connectivity index is 1.30. The third-order valence-corrected chi connectivity index (χ3v) is 13.1. The van der Waals surface area contributed by atoms with Crippen molar-refractivity contribution in [3.05, 3.63) is 12.7 Å². The summed E-state index contributed by atoms with van der Waals surface area (Å²) in [6.45, 7) is 17.7. The Kier molecular flexibility index (Phi) is 7.27. The molecule has 214 valence electrons. The molecule has 6 heteroatoms. The number of carbonyl (C=O) groups excluding carboxylic acids is 1. The second-order valence-electron chi connectivity index (χ2n) is 14.6. The molecule has 0 bridgehead atoms. The Bertz CT molecular complexity index is 898. The molecule has 1 N–H and O–H groups in total. The number of hydrogen-bond donors (Lipinski definition) is 1. The van der Waals surface area contributed by atoms with Crippen LogP contribution in [0.2, 0.25) is 0 Å². The van der Waals surface area contributed by atoms with Crippen LogP contribution < -0.4 is 0 Å². The number of aliphatic hydroxyl groups is 1. The summed E-state index contributed by atoms with van der Waals surface area (Å²) in [6.07, 6.45) is 12.7. The van der Waals surface area contributed by atoms with Gasteiger partial charge < -0.3 is 19.1 Å². The molecular weight excluding hydrogens is 476 g/mol. The number of esters is 1. The topological polar surface area (TPSA) is 59.0 Å². The van der Waals surface area contributed by atoms with Gasteiger partial charge in [0.25, 0.3) is 0 Å². The molecule has 6 nitrogen and oxygen atoms in total. The zero-order valence-corrected chi connectivity index (χ0v) is 24.3. The van der Waals surface area contributed by atoms with Crippen molar-refractivity contribution in [2.45, 2.75) is 103 Å². The van der Waals surface area contributed by atoms with E-state index in [1.807, 2.05) is 0 Å². The molecule has 0 aromatic heterocycles. The second-order valence-corrected chi connectivity index (χ2v) is 14.6. The van der Waals surface area contributed by atoms with Crippen molar-refractivity contribution in [1.82, 2.24) is 4.90 Å². The van der Waals surface area contributed by atoms with E-state index in [2.05, 4.69) is 31.4 Å². The molecule has 2 heterocycles. The number of morpholine rings is 1. The Morgan fingerprint density at radius 2 is 1.84 bits per heavy atom. The summed E-state index contributed by atoms with van der Waals surface area (Å²) in [5.74, 6) is 2.54. The minimum atomic E-state index is -0.209. The van der Waals surface area contributed by atoms with Crippen LogP contribution in [0.4, 0.5) is 0 Å². The van der Waals surface area contributed by atoms with E-state index in [0.29, 0.717) is 29.7 Å². The number of ether oxygens (including phenoxy) is 2. The van der Waals surface area contributed by atoms with Crippen molar-refractivity contribution in [1.29, 1.82) is 0 Å². The number of aliphatic hydroxyl groups excluding tert-OH is 1. The summed E-state index contributed by atoms with van der Waals surface area (Å²) in [5.41, 5.74) is 0.343. The summed E-state index contributed by atoms with van der Waals surface area (Å²) in [7, 11) is 0. The molecule has 0 aromatic rings. The van der Waals surface area contributed by atoms with Crippen LogP contribution >= 0.6 is 0 Å². The van der Waals surface area contributed by atoms with Gasteiger partial charge in [0.15, 0.2) is 6.10 Å². The van der Waals surface area contributed by atoms with Gasteiger partial charge in [0.05, 0.1) is 39.0 Å². The normalized spacial score (nSPS) is 48.5. The highest BCUT2D eigenvalue weighted by Crippen LogP contribution is 2.67. The van der Waals surface area contributed by atoms with E-state index in [4.69, 9.17) is 9.47 Å². The van der Waals surface area contributed by atoms with Crippen LogP contribution in [0.25, 0.3) is 0 Å². The Hall–Kier alpha value is -0.950. The summed E-state index contributed by atoms with van der Waals surface area (Å²) < 4.78 is 13.1. The molecule has 6 aliphatic rings. The van der Waals surface area contributed by atoms with Crippen LogP contribution in [0.5, 0.6) is 0 Å². The monoisotopic (exact) mass is 529 g/mol. The van der Waals surface area contributed by atoms with E-state index in [9.17, 15) is 9.90 Å². The molecule has 38 heavy (non-hydrogen) atoms.